The van der Waals surface area contributed by atoms with Crippen molar-refractivity contribution >= 4 is 39.0 Å². The van der Waals surface area contributed by atoms with Crippen LogP contribution in [-0.4, -0.2) is 22.4 Å². The number of amides is 1. The topological polar surface area (TPSA) is 58.1 Å². The van der Waals surface area contributed by atoms with E-state index in [4.69, 9.17) is 0 Å². The number of hydrogen-bond acceptors (Lipinski definition) is 5. The smallest absolute Gasteiger partial charge is 0.227 e. The highest BCUT2D eigenvalue weighted by Crippen LogP contribution is 2.32. The molecule has 128 valence electrons. The number of fused-ring (bicyclic) bond motifs is 1. The van der Waals surface area contributed by atoms with Gasteiger partial charge < -0.3 is 10.2 Å². The molecule has 0 unspecified atom stereocenters. The number of rotatable bonds is 4. The number of nitrogens with zero attached hydrogens (tertiary/aromatic N) is 3. The van der Waals surface area contributed by atoms with Crippen LogP contribution in [0.15, 0.2) is 30.6 Å². The third-order valence-electron chi connectivity index (χ3n) is 4.72. The zero-order chi connectivity index (χ0) is 17.4. The molecule has 25 heavy (non-hydrogen) atoms. The lowest BCUT2D eigenvalue weighted by Crippen LogP contribution is -2.23. The van der Waals surface area contributed by atoms with Gasteiger partial charge >= 0.3 is 0 Å². The zero-order valence-electron chi connectivity index (χ0n) is 14.4. The molecule has 1 N–H and O–H groups in total. The van der Waals surface area contributed by atoms with Crippen molar-refractivity contribution in [3.63, 3.8) is 0 Å². The maximum atomic E-state index is 11.9. The zero-order valence-corrected chi connectivity index (χ0v) is 15.2. The Hall–Kier alpha value is -2.47. The fourth-order valence-electron chi connectivity index (χ4n) is 3.26. The van der Waals surface area contributed by atoms with Gasteiger partial charge in [0.1, 0.15) is 17.0 Å². The molecule has 1 aliphatic heterocycles. The minimum Gasteiger partial charge on any atom is -0.365 e. The minimum atomic E-state index is 0.215. The first-order chi connectivity index (χ1) is 12.1. The van der Waals surface area contributed by atoms with Gasteiger partial charge in [-0.1, -0.05) is 12.1 Å². The molecule has 5 nitrogen and oxygen atoms in total. The van der Waals surface area contributed by atoms with E-state index < -0.39 is 0 Å². The summed E-state index contributed by atoms with van der Waals surface area (Å²) in [5, 5.41) is 4.55. The number of carbonyl (C=O) groups is 1. The second-order valence-electron chi connectivity index (χ2n) is 6.36. The Bertz CT molecular complexity index is 950. The molecule has 2 aromatic heterocycles. The first-order valence-corrected chi connectivity index (χ1v) is 9.29. The highest BCUT2D eigenvalue weighted by atomic mass is 32.1. The number of aromatic nitrogens is 2. The summed E-state index contributed by atoms with van der Waals surface area (Å²) in [6.45, 7) is 5.70. The molecule has 0 bridgehead atoms. The number of thiophene rings is 1. The number of benzene rings is 1. The molecular formula is C19H20N4OS. The van der Waals surface area contributed by atoms with Crippen LogP contribution in [0.1, 0.15) is 28.8 Å². The summed E-state index contributed by atoms with van der Waals surface area (Å²) in [5.74, 6) is 1.08. The van der Waals surface area contributed by atoms with E-state index in [2.05, 4.69) is 41.3 Å². The summed E-state index contributed by atoms with van der Waals surface area (Å²) >= 11 is 1.70. The standard InChI is InChI=1S/C19H20N4OS/c1-12-13(2)25-19-17(12)18(21-11-22-19)20-10-14-5-3-6-15(9-14)23-8-4-7-16(23)24/h3,5-6,9,11H,4,7-8,10H2,1-2H3,(H,20,21,22). The quantitative estimate of drug-likeness (QED) is 0.770. The van der Waals surface area contributed by atoms with Crippen LogP contribution in [0, 0.1) is 13.8 Å². The molecule has 0 aliphatic carbocycles. The summed E-state index contributed by atoms with van der Waals surface area (Å²) in [6, 6.07) is 8.16. The predicted octanol–water partition coefficient (Wildman–Crippen LogP) is 4.05. The van der Waals surface area contributed by atoms with Crippen molar-refractivity contribution in [2.24, 2.45) is 0 Å². The third kappa shape index (κ3) is 2.98. The number of nitrogens with one attached hydrogen (secondary N) is 1. The molecule has 6 heteroatoms. The van der Waals surface area contributed by atoms with Crippen LogP contribution in [0.2, 0.25) is 0 Å². The first kappa shape index (κ1) is 16.0. The van der Waals surface area contributed by atoms with Gasteiger partial charge in [0.2, 0.25) is 5.91 Å². The predicted molar refractivity (Wildman–Crippen MR) is 102 cm³/mol. The summed E-state index contributed by atoms with van der Waals surface area (Å²) in [4.78, 5) is 24.9. The second kappa shape index (κ2) is 6.44. The van der Waals surface area contributed by atoms with Crippen LogP contribution in [0.25, 0.3) is 10.2 Å². The number of anilines is 2. The largest absolute Gasteiger partial charge is 0.365 e. The Labute approximate surface area is 150 Å². The van der Waals surface area contributed by atoms with E-state index in [-0.39, 0.29) is 5.91 Å². The van der Waals surface area contributed by atoms with E-state index in [9.17, 15) is 4.79 Å². The molecule has 1 aliphatic rings. The van der Waals surface area contributed by atoms with Gasteiger partial charge in [-0.15, -0.1) is 11.3 Å². The van der Waals surface area contributed by atoms with Gasteiger partial charge in [-0.2, -0.15) is 0 Å². The molecule has 1 amide bonds. The fourth-order valence-corrected chi connectivity index (χ4v) is 4.25. The van der Waals surface area contributed by atoms with Gasteiger partial charge in [0.15, 0.2) is 0 Å². The summed E-state index contributed by atoms with van der Waals surface area (Å²) in [6.07, 6.45) is 3.20. The molecule has 1 aromatic carbocycles. The lowest BCUT2D eigenvalue weighted by molar-refractivity contribution is -0.117. The number of hydrogen-bond donors (Lipinski definition) is 1. The summed E-state index contributed by atoms with van der Waals surface area (Å²) in [7, 11) is 0. The Morgan fingerprint density at radius 3 is 2.96 bits per heavy atom. The van der Waals surface area contributed by atoms with Crippen molar-refractivity contribution in [3.05, 3.63) is 46.6 Å². The van der Waals surface area contributed by atoms with E-state index in [0.717, 1.165) is 40.3 Å². The molecule has 3 heterocycles. The fraction of sp³-hybridized carbons (Fsp3) is 0.316. The van der Waals surface area contributed by atoms with Crippen LogP contribution < -0.4 is 10.2 Å². The van der Waals surface area contributed by atoms with E-state index in [1.54, 1.807) is 17.7 Å². The Kier molecular flexibility index (Phi) is 4.13. The van der Waals surface area contributed by atoms with Crippen molar-refractivity contribution in [2.75, 3.05) is 16.8 Å². The van der Waals surface area contributed by atoms with Gasteiger partial charge in [0, 0.05) is 30.1 Å². The molecule has 0 saturated carbocycles. The highest BCUT2D eigenvalue weighted by Gasteiger charge is 2.21. The Morgan fingerprint density at radius 1 is 1.28 bits per heavy atom. The molecule has 4 rings (SSSR count). The molecule has 0 spiro atoms. The SMILES string of the molecule is Cc1sc2ncnc(NCc3cccc(N4CCCC4=O)c3)c2c1C. The molecule has 0 atom stereocenters. The second-order valence-corrected chi connectivity index (χ2v) is 7.56. The molecule has 3 aromatic rings. The molecule has 1 saturated heterocycles. The monoisotopic (exact) mass is 352 g/mol. The molecule has 0 radical (unpaired) electrons. The van der Waals surface area contributed by atoms with E-state index in [0.29, 0.717) is 13.0 Å². The van der Waals surface area contributed by atoms with Crippen LogP contribution in [0.5, 0.6) is 0 Å². The maximum absolute atomic E-state index is 11.9. The van der Waals surface area contributed by atoms with Gasteiger partial charge in [0.25, 0.3) is 0 Å². The van der Waals surface area contributed by atoms with Crippen molar-refractivity contribution in [2.45, 2.75) is 33.2 Å². The maximum Gasteiger partial charge on any atom is 0.227 e. The lowest BCUT2D eigenvalue weighted by Gasteiger charge is -2.17. The van der Waals surface area contributed by atoms with Crippen LogP contribution >= 0.6 is 11.3 Å². The van der Waals surface area contributed by atoms with Crippen LogP contribution in [-0.2, 0) is 11.3 Å². The highest BCUT2D eigenvalue weighted by molar-refractivity contribution is 7.18. The third-order valence-corrected chi connectivity index (χ3v) is 5.84. The van der Waals surface area contributed by atoms with Crippen molar-refractivity contribution < 1.29 is 4.79 Å². The number of carbonyl (C=O) groups excluding carboxylic acids is 1. The average molecular weight is 352 g/mol. The van der Waals surface area contributed by atoms with E-state index >= 15 is 0 Å². The average Bonchev–Trinajstić information content (AvgIpc) is 3.17. The number of aryl methyl sites for hydroxylation is 2. The lowest BCUT2D eigenvalue weighted by atomic mass is 10.1. The van der Waals surface area contributed by atoms with Gasteiger partial charge in [-0.05, 0) is 43.5 Å². The Balaban J connectivity index is 1.57. The summed E-state index contributed by atoms with van der Waals surface area (Å²) < 4.78 is 0. The first-order valence-electron chi connectivity index (χ1n) is 8.47. The Morgan fingerprint density at radius 2 is 2.16 bits per heavy atom. The van der Waals surface area contributed by atoms with Crippen LogP contribution in [0.3, 0.4) is 0 Å². The van der Waals surface area contributed by atoms with E-state index in [1.165, 1.54) is 10.4 Å². The van der Waals surface area contributed by atoms with Gasteiger partial charge in [-0.3, -0.25) is 4.79 Å². The van der Waals surface area contributed by atoms with Crippen molar-refractivity contribution in [1.82, 2.24) is 9.97 Å². The van der Waals surface area contributed by atoms with Crippen LogP contribution in [0.4, 0.5) is 11.5 Å². The van der Waals surface area contributed by atoms with Gasteiger partial charge in [-0.25, -0.2) is 9.97 Å². The minimum absolute atomic E-state index is 0.215. The molecular weight excluding hydrogens is 332 g/mol. The van der Waals surface area contributed by atoms with Gasteiger partial charge in [0.05, 0.1) is 5.39 Å². The normalized spacial score (nSPS) is 14.5. The van der Waals surface area contributed by atoms with Crippen molar-refractivity contribution in [3.8, 4) is 0 Å². The van der Waals surface area contributed by atoms with E-state index in [1.807, 2.05) is 17.0 Å². The van der Waals surface area contributed by atoms with Crippen molar-refractivity contribution in [1.29, 1.82) is 0 Å². The summed E-state index contributed by atoms with van der Waals surface area (Å²) in [5.41, 5.74) is 3.35. The molecule has 1 fully saturated rings.